The summed E-state index contributed by atoms with van der Waals surface area (Å²) in [6.07, 6.45) is 9.42. The van der Waals surface area contributed by atoms with Gasteiger partial charge in [-0.1, -0.05) is 23.7 Å². The largest absolute Gasteiger partial charge is 0.317 e. The summed E-state index contributed by atoms with van der Waals surface area (Å²) < 4.78 is 4.19. The minimum absolute atomic E-state index is 0.753. The van der Waals surface area contributed by atoms with Gasteiger partial charge in [-0.25, -0.2) is 4.98 Å². The van der Waals surface area contributed by atoms with Crippen molar-refractivity contribution in [2.24, 2.45) is 0 Å². The summed E-state index contributed by atoms with van der Waals surface area (Å²) in [6, 6.07) is 26.1. The van der Waals surface area contributed by atoms with Crippen LogP contribution >= 0.6 is 11.6 Å². The quantitative estimate of drug-likeness (QED) is 0.306. The fourth-order valence-corrected chi connectivity index (χ4v) is 4.27. The van der Waals surface area contributed by atoms with E-state index in [1.807, 2.05) is 67.1 Å². The maximum atomic E-state index is 6.36. The van der Waals surface area contributed by atoms with Gasteiger partial charge >= 0.3 is 0 Å². The highest BCUT2D eigenvalue weighted by molar-refractivity contribution is 6.35. The van der Waals surface area contributed by atoms with Gasteiger partial charge in [-0.15, -0.1) is 0 Å². The van der Waals surface area contributed by atoms with Crippen molar-refractivity contribution >= 4 is 22.5 Å². The number of halogens is 1. The molecule has 6 rings (SSSR count). The molecule has 4 aromatic heterocycles. The second-order valence-electron chi connectivity index (χ2n) is 7.65. The van der Waals surface area contributed by atoms with E-state index in [0.29, 0.717) is 0 Å². The molecule has 0 saturated carbocycles. The number of nitrogens with zero attached hydrogens (tertiary/aromatic N) is 5. The Morgan fingerprint density at radius 3 is 2.39 bits per heavy atom. The minimum atomic E-state index is 0.753. The van der Waals surface area contributed by atoms with Crippen molar-refractivity contribution < 1.29 is 0 Å². The van der Waals surface area contributed by atoms with Crippen LogP contribution < -0.4 is 0 Å². The summed E-state index contributed by atoms with van der Waals surface area (Å²) in [7, 11) is 0. The minimum Gasteiger partial charge on any atom is -0.317 e. The van der Waals surface area contributed by atoms with Crippen LogP contribution in [-0.2, 0) is 0 Å². The molecule has 0 unspecified atom stereocenters. The normalized spacial score (nSPS) is 11.2. The number of pyridine rings is 2. The molecule has 0 bridgehead atoms. The molecule has 6 heteroatoms. The fraction of sp³-hybridized carbons (Fsp3) is 0. The van der Waals surface area contributed by atoms with Gasteiger partial charge in [-0.2, -0.15) is 0 Å². The van der Waals surface area contributed by atoms with Gasteiger partial charge in [-0.05, 0) is 66.7 Å². The van der Waals surface area contributed by atoms with Crippen LogP contribution in [0.5, 0.6) is 0 Å². The molecule has 4 heterocycles. The maximum Gasteiger partial charge on any atom is 0.145 e. The monoisotopic (exact) mass is 447 g/mol. The van der Waals surface area contributed by atoms with Gasteiger partial charge < -0.3 is 4.57 Å². The summed E-state index contributed by atoms with van der Waals surface area (Å²) >= 11 is 6.36. The predicted octanol–water partition coefficient (Wildman–Crippen LogP) is 6.59. The number of benzene rings is 2. The third-order valence-electron chi connectivity index (χ3n) is 5.64. The van der Waals surface area contributed by atoms with Crippen molar-refractivity contribution in [2.75, 3.05) is 0 Å². The summed E-state index contributed by atoms with van der Waals surface area (Å²) in [5, 5.41) is 1.79. The van der Waals surface area contributed by atoms with Crippen LogP contribution in [0.2, 0.25) is 5.02 Å². The van der Waals surface area contributed by atoms with Crippen LogP contribution in [0.15, 0.2) is 110 Å². The number of fused-ring (bicyclic) bond motifs is 1. The molecule has 158 valence electrons. The van der Waals surface area contributed by atoms with Crippen LogP contribution in [0.25, 0.3) is 45.1 Å². The van der Waals surface area contributed by atoms with E-state index < -0.39 is 0 Å². The topological polar surface area (TPSA) is 48.5 Å². The second-order valence-corrected chi connectivity index (χ2v) is 8.06. The van der Waals surface area contributed by atoms with E-state index in [-0.39, 0.29) is 0 Å². The van der Waals surface area contributed by atoms with Crippen LogP contribution in [0.1, 0.15) is 0 Å². The zero-order chi connectivity index (χ0) is 22.2. The van der Waals surface area contributed by atoms with Crippen LogP contribution in [-0.4, -0.2) is 24.1 Å². The molecule has 33 heavy (non-hydrogen) atoms. The van der Waals surface area contributed by atoms with E-state index in [1.165, 1.54) is 0 Å². The third-order valence-corrected chi connectivity index (χ3v) is 5.97. The summed E-state index contributed by atoms with van der Waals surface area (Å²) in [5.41, 5.74) is 5.71. The number of aromatic nitrogens is 5. The molecule has 2 aromatic carbocycles. The highest BCUT2D eigenvalue weighted by atomic mass is 35.5. The Morgan fingerprint density at radius 1 is 0.697 bits per heavy atom. The van der Waals surface area contributed by atoms with Gasteiger partial charge in [0.1, 0.15) is 11.5 Å². The van der Waals surface area contributed by atoms with E-state index in [1.54, 1.807) is 12.4 Å². The first-order chi connectivity index (χ1) is 16.3. The Kier molecular flexibility index (Phi) is 4.74. The van der Waals surface area contributed by atoms with Crippen molar-refractivity contribution in [3.63, 3.8) is 0 Å². The predicted molar refractivity (Wildman–Crippen MR) is 132 cm³/mol. The van der Waals surface area contributed by atoms with Crippen LogP contribution in [0.4, 0.5) is 0 Å². The standard InChI is InChI=1S/C27H18ClN5/c28-23-6-3-8-26-22(23)13-16-32(26)20-11-9-19(10-12-20)27-31-25(24-7-1-2-15-30-24)18-33(27)21-5-4-14-29-17-21/h1-18H. The molecular weight excluding hydrogens is 430 g/mol. The number of hydrogen-bond donors (Lipinski definition) is 0. The molecule has 0 aliphatic rings. The van der Waals surface area contributed by atoms with E-state index in [0.717, 1.165) is 50.1 Å². The van der Waals surface area contributed by atoms with E-state index in [2.05, 4.69) is 49.4 Å². The molecule has 0 atom stereocenters. The lowest BCUT2D eigenvalue weighted by Gasteiger charge is -2.09. The zero-order valence-electron chi connectivity index (χ0n) is 17.5. The highest BCUT2D eigenvalue weighted by Crippen LogP contribution is 2.30. The first-order valence-corrected chi connectivity index (χ1v) is 10.9. The molecule has 6 aromatic rings. The van der Waals surface area contributed by atoms with Crippen molar-refractivity contribution in [1.82, 2.24) is 24.1 Å². The molecule has 0 spiro atoms. The molecular formula is C27H18ClN5. The molecule has 0 N–H and O–H groups in total. The summed E-state index contributed by atoms with van der Waals surface area (Å²) in [4.78, 5) is 13.7. The number of rotatable bonds is 4. The Bertz CT molecular complexity index is 1550. The maximum absolute atomic E-state index is 6.36. The first kappa shape index (κ1) is 19.5. The van der Waals surface area contributed by atoms with Crippen molar-refractivity contribution in [3.8, 4) is 34.2 Å². The Hall–Kier alpha value is -4.22. The van der Waals surface area contributed by atoms with Crippen molar-refractivity contribution in [2.45, 2.75) is 0 Å². The molecule has 0 amide bonds. The smallest absolute Gasteiger partial charge is 0.145 e. The van der Waals surface area contributed by atoms with E-state index in [4.69, 9.17) is 16.6 Å². The molecule has 0 fully saturated rings. The highest BCUT2D eigenvalue weighted by Gasteiger charge is 2.14. The van der Waals surface area contributed by atoms with E-state index >= 15 is 0 Å². The number of imidazole rings is 1. The van der Waals surface area contributed by atoms with Crippen molar-refractivity contribution in [3.05, 3.63) is 115 Å². The Morgan fingerprint density at radius 2 is 1.61 bits per heavy atom. The van der Waals surface area contributed by atoms with Gasteiger partial charge in [-0.3, -0.25) is 14.5 Å². The lowest BCUT2D eigenvalue weighted by Crippen LogP contribution is -1.97. The van der Waals surface area contributed by atoms with Crippen molar-refractivity contribution in [1.29, 1.82) is 0 Å². The molecule has 5 nitrogen and oxygen atoms in total. The van der Waals surface area contributed by atoms with Crippen LogP contribution in [0, 0.1) is 0 Å². The zero-order valence-corrected chi connectivity index (χ0v) is 18.3. The Labute approximate surface area is 195 Å². The average molecular weight is 448 g/mol. The fourth-order valence-electron chi connectivity index (χ4n) is 4.04. The molecule has 0 aliphatic heterocycles. The van der Waals surface area contributed by atoms with E-state index in [9.17, 15) is 0 Å². The van der Waals surface area contributed by atoms with Gasteiger partial charge in [0.25, 0.3) is 0 Å². The summed E-state index contributed by atoms with van der Waals surface area (Å²) in [5.74, 6) is 0.829. The Balaban J connectivity index is 1.45. The van der Waals surface area contributed by atoms with Crippen LogP contribution in [0.3, 0.4) is 0 Å². The second kappa shape index (κ2) is 8.04. The van der Waals surface area contributed by atoms with Gasteiger partial charge in [0.2, 0.25) is 0 Å². The average Bonchev–Trinajstić information content (AvgIpc) is 3.51. The lowest BCUT2D eigenvalue weighted by atomic mass is 10.2. The molecule has 0 saturated heterocycles. The van der Waals surface area contributed by atoms with Gasteiger partial charge in [0.15, 0.2) is 0 Å². The molecule has 0 aliphatic carbocycles. The van der Waals surface area contributed by atoms with Gasteiger partial charge in [0.05, 0.1) is 23.1 Å². The lowest BCUT2D eigenvalue weighted by molar-refractivity contribution is 1.05. The molecule has 0 radical (unpaired) electrons. The number of hydrogen-bond acceptors (Lipinski definition) is 3. The first-order valence-electron chi connectivity index (χ1n) is 10.6. The third kappa shape index (κ3) is 3.49. The summed E-state index contributed by atoms with van der Waals surface area (Å²) in [6.45, 7) is 0. The van der Waals surface area contributed by atoms with Gasteiger partial charge in [0, 0.05) is 46.4 Å². The SMILES string of the molecule is Clc1cccc2c1ccn2-c1ccc(-c2nc(-c3ccccn3)cn2-c2cccnc2)cc1.